The van der Waals surface area contributed by atoms with Gasteiger partial charge in [-0.3, -0.25) is 0 Å². The molecule has 108 valence electrons. The molecule has 1 atom stereocenters. The van der Waals surface area contributed by atoms with Crippen molar-refractivity contribution in [3.05, 3.63) is 18.7 Å². The van der Waals surface area contributed by atoms with Crippen molar-refractivity contribution in [3.8, 4) is 6.01 Å². The van der Waals surface area contributed by atoms with E-state index in [1.54, 1.807) is 19.6 Å². The Balaban J connectivity index is 2.05. The molecule has 0 aromatic carbocycles. The molecule has 2 N–H and O–H groups in total. The Hall–Kier alpha value is -2.38. The number of hydrogen-bond acceptors (Lipinski definition) is 7. The summed E-state index contributed by atoms with van der Waals surface area (Å²) in [6.07, 6.45) is 5.44. The molecule has 2 rings (SSSR count). The molecule has 0 spiro atoms. The average molecular weight is 277 g/mol. The van der Waals surface area contributed by atoms with Crippen molar-refractivity contribution in [2.75, 3.05) is 24.3 Å². The lowest BCUT2D eigenvalue weighted by Crippen LogP contribution is -2.23. The maximum Gasteiger partial charge on any atom is 0.323 e. The molecule has 0 saturated heterocycles. The van der Waals surface area contributed by atoms with Crippen molar-refractivity contribution in [3.63, 3.8) is 0 Å². The van der Waals surface area contributed by atoms with Crippen molar-refractivity contribution in [2.45, 2.75) is 26.4 Å². The average Bonchev–Trinajstić information content (AvgIpc) is 2.91. The van der Waals surface area contributed by atoms with Gasteiger partial charge in [0.2, 0.25) is 11.9 Å². The Morgan fingerprint density at radius 1 is 1.30 bits per heavy atom. The summed E-state index contributed by atoms with van der Waals surface area (Å²) in [7, 11) is 1.75. The van der Waals surface area contributed by atoms with Crippen molar-refractivity contribution < 1.29 is 4.74 Å². The third-order valence-corrected chi connectivity index (χ3v) is 2.53. The smallest absolute Gasteiger partial charge is 0.323 e. The predicted octanol–water partition coefficient (Wildman–Crippen LogP) is 1.01. The molecule has 8 heteroatoms. The van der Waals surface area contributed by atoms with Crippen LogP contribution >= 0.6 is 0 Å². The first-order valence-corrected chi connectivity index (χ1v) is 6.50. The van der Waals surface area contributed by atoms with Crippen LogP contribution in [0.5, 0.6) is 6.01 Å². The minimum absolute atomic E-state index is 0.144. The zero-order valence-electron chi connectivity index (χ0n) is 11.9. The monoisotopic (exact) mass is 277 g/mol. The van der Waals surface area contributed by atoms with Crippen LogP contribution in [-0.2, 0) is 6.54 Å². The van der Waals surface area contributed by atoms with E-state index in [0.717, 1.165) is 6.54 Å². The van der Waals surface area contributed by atoms with Crippen molar-refractivity contribution >= 4 is 11.9 Å². The van der Waals surface area contributed by atoms with Gasteiger partial charge in [0.25, 0.3) is 0 Å². The summed E-state index contributed by atoms with van der Waals surface area (Å²) in [5.41, 5.74) is 0. The number of nitrogens with zero attached hydrogens (tertiary/aromatic N) is 5. The predicted molar refractivity (Wildman–Crippen MR) is 75.9 cm³/mol. The van der Waals surface area contributed by atoms with Gasteiger partial charge in [-0.1, -0.05) is 0 Å². The van der Waals surface area contributed by atoms with Gasteiger partial charge in [-0.15, -0.1) is 0 Å². The number of hydrogen-bond donors (Lipinski definition) is 2. The molecule has 0 aliphatic carbocycles. The Morgan fingerprint density at radius 2 is 2.10 bits per heavy atom. The summed E-state index contributed by atoms with van der Waals surface area (Å²) in [6, 6.07) is 0.454. The van der Waals surface area contributed by atoms with Gasteiger partial charge in [-0.2, -0.15) is 15.0 Å². The van der Waals surface area contributed by atoms with E-state index in [1.165, 1.54) is 0 Å². The fraction of sp³-hybridized carbons (Fsp3) is 0.500. The first-order valence-electron chi connectivity index (χ1n) is 6.50. The van der Waals surface area contributed by atoms with Gasteiger partial charge in [0, 0.05) is 32.0 Å². The van der Waals surface area contributed by atoms with E-state index in [0.29, 0.717) is 24.5 Å². The second-order valence-electron chi connectivity index (χ2n) is 4.25. The van der Waals surface area contributed by atoms with Gasteiger partial charge in [0.1, 0.15) is 0 Å². The summed E-state index contributed by atoms with van der Waals surface area (Å²) >= 11 is 0. The lowest BCUT2D eigenvalue weighted by Gasteiger charge is -2.15. The normalized spacial score (nSPS) is 11.9. The van der Waals surface area contributed by atoms with Gasteiger partial charge in [-0.05, 0) is 13.8 Å². The van der Waals surface area contributed by atoms with Crippen molar-refractivity contribution in [1.82, 2.24) is 24.5 Å². The van der Waals surface area contributed by atoms with Crippen LogP contribution in [0.2, 0.25) is 0 Å². The van der Waals surface area contributed by atoms with Crippen molar-refractivity contribution in [2.24, 2.45) is 0 Å². The molecule has 0 aliphatic heterocycles. The van der Waals surface area contributed by atoms with Crippen LogP contribution in [-0.4, -0.2) is 44.2 Å². The Morgan fingerprint density at radius 3 is 2.75 bits per heavy atom. The number of imidazole rings is 1. The maximum atomic E-state index is 5.32. The number of rotatable bonds is 7. The van der Waals surface area contributed by atoms with E-state index in [-0.39, 0.29) is 6.04 Å². The Labute approximate surface area is 117 Å². The topological polar surface area (TPSA) is 89.8 Å². The van der Waals surface area contributed by atoms with Crippen LogP contribution < -0.4 is 15.4 Å². The zero-order valence-corrected chi connectivity index (χ0v) is 11.9. The molecule has 1 unspecified atom stereocenters. The van der Waals surface area contributed by atoms with Gasteiger partial charge < -0.3 is 19.9 Å². The van der Waals surface area contributed by atoms with Gasteiger partial charge in [0.15, 0.2) is 0 Å². The number of ether oxygens (including phenoxy) is 1. The summed E-state index contributed by atoms with van der Waals surface area (Å²) < 4.78 is 7.31. The first kappa shape index (κ1) is 14.0. The molecule has 2 heterocycles. The van der Waals surface area contributed by atoms with E-state index >= 15 is 0 Å². The molecule has 0 amide bonds. The second kappa shape index (κ2) is 6.69. The Kier molecular flexibility index (Phi) is 4.70. The third kappa shape index (κ3) is 3.81. The van der Waals surface area contributed by atoms with Gasteiger partial charge >= 0.3 is 6.01 Å². The van der Waals surface area contributed by atoms with E-state index in [9.17, 15) is 0 Å². The maximum absolute atomic E-state index is 5.32. The van der Waals surface area contributed by atoms with Crippen LogP contribution in [0.4, 0.5) is 11.9 Å². The van der Waals surface area contributed by atoms with E-state index < -0.39 is 0 Å². The molecule has 8 nitrogen and oxygen atoms in total. The second-order valence-corrected chi connectivity index (χ2v) is 4.25. The lowest BCUT2D eigenvalue weighted by atomic mass is 10.3. The number of anilines is 2. The molecule has 0 radical (unpaired) electrons. The van der Waals surface area contributed by atoms with Crippen LogP contribution in [0.1, 0.15) is 13.8 Å². The molecular weight excluding hydrogens is 258 g/mol. The van der Waals surface area contributed by atoms with Crippen LogP contribution in [0.15, 0.2) is 18.7 Å². The van der Waals surface area contributed by atoms with E-state index in [1.807, 2.05) is 24.6 Å². The first-order chi connectivity index (χ1) is 9.71. The zero-order chi connectivity index (χ0) is 14.4. The summed E-state index contributed by atoms with van der Waals surface area (Å²) in [4.78, 5) is 16.6. The largest absolute Gasteiger partial charge is 0.464 e. The highest BCUT2D eigenvalue weighted by atomic mass is 16.5. The molecule has 0 fully saturated rings. The Bertz CT molecular complexity index is 529. The molecule has 0 saturated carbocycles. The summed E-state index contributed by atoms with van der Waals surface area (Å²) in [6.45, 7) is 5.21. The molecule has 0 bridgehead atoms. The highest BCUT2D eigenvalue weighted by Gasteiger charge is 2.09. The number of aromatic nitrogens is 5. The summed E-state index contributed by atoms with van der Waals surface area (Å²) in [5.74, 6) is 0.959. The van der Waals surface area contributed by atoms with E-state index in [2.05, 4.69) is 30.6 Å². The molecule has 0 aliphatic rings. The lowest BCUT2D eigenvalue weighted by molar-refractivity contribution is 0.312. The van der Waals surface area contributed by atoms with E-state index in [4.69, 9.17) is 4.74 Å². The standard InChI is InChI=1S/C12H19N7O/c1-4-20-12-17-10(13-3)16-11(18-12)15-9(2)7-19-6-5-14-8-19/h5-6,8-9H,4,7H2,1-3H3,(H2,13,15,16,17,18). The minimum Gasteiger partial charge on any atom is -0.464 e. The third-order valence-electron chi connectivity index (χ3n) is 2.53. The molecule has 20 heavy (non-hydrogen) atoms. The summed E-state index contributed by atoms with van der Waals surface area (Å²) in [5, 5.41) is 6.11. The highest BCUT2D eigenvalue weighted by Crippen LogP contribution is 2.12. The number of nitrogens with one attached hydrogen (secondary N) is 2. The fourth-order valence-corrected chi connectivity index (χ4v) is 1.70. The molecule has 2 aromatic heterocycles. The van der Waals surface area contributed by atoms with Crippen LogP contribution in [0, 0.1) is 0 Å². The van der Waals surface area contributed by atoms with Gasteiger partial charge in [-0.25, -0.2) is 4.98 Å². The fourth-order valence-electron chi connectivity index (χ4n) is 1.70. The van der Waals surface area contributed by atoms with Gasteiger partial charge in [0.05, 0.1) is 12.9 Å². The minimum atomic E-state index is 0.144. The highest BCUT2D eigenvalue weighted by molar-refractivity contribution is 5.35. The van der Waals surface area contributed by atoms with Crippen molar-refractivity contribution in [1.29, 1.82) is 0 Å². The van der Waals surface area contributed by atoms with Crippen LogP contribution in [0.25, 0.3) is 0 Å². The molecule has 2 aromatic rings. The van der Waals surface area contributed by atoms with Crippen LogP contribution in [0.3, 0.4) is 0 Å². The quantitative estimate of drug-likeness (QED) is 0.780. The molecular formula is C12H19N7O. The SMILES string of the molecule is CCOc1nc(NC)nc(NC(C)Cn2ccnc2)n1.